The summed E-state index contributed by atoms with van der Waals surface area (Å²) in [5, 5.41) is 2.98. The van der Waals surface area contributed by atoms with Crippen LogP contribution in [0.2, 0.25) is 0 Å². The van der Waals surface area contributed by atoms with Gasteiger partial charge >= 0.3 is 0 Å². The van der Waals surface area contributed by atoms with E-state index in [1.807, 2.05) is 73.7 Å². The van der Waals surface area contributed by atoms with E-state index in [1.165, 1.54) is 53.3 Å². The van der Waals surface area contributed by atoms with Crippen molar-refractivity contribution in [2.75, 3.05) is 30.8 Å². The maximum absolute atomic E-state index is 14.4. The number of nitrogens with one attached hydrogen (secondary N) is 1. The number of rotatable bonds is 14. The largest absolute Gasteiger partial charge is 0.497 e. The first-order chi connectivity index (χ1) is 23.1. The molecule has 9 heteroatoms. The molecule has 3 aromatic carbocycles. The first kappa shape index (κ1) is 34.0. The van der Waals surface area contributed by atoms with Crippen LogP contribution in [-0.2, 0) is 38.0 Å². The molecule has 8 nitrogen and oxygen atoms in total. The minimum absolute atomic E-state index is 0.107. The molecule has 0 saturated heterocycles. The average molecular weight is 672 g/mol. The van der Waals surface area contributed by atoms with E-state index in [0.29, 0.717) is 18.0 Å². The molecule has 4 aliphatic carbocycles. The van der Waals surface area contributed by atoms with E-state index >= 15 is 0 Å². The fraction of sp³-hybridized carbons (Fsp3) is 0.487. The van der Waals surface area contributed by atoms with Crippen LogP contribution >= 0.6 is 0 Å². The number of carbonyl (C=O) groups excluding carboxylic acids is 2. The summed E-state index contributed by atoms with van der Waals surface area (Å²) in [7, 11) is -2.26. The average Bonchev–Trinajstić information content (AvgIpc) is 3.07. The monoisotopic (exact) mass is 671 g/mol. The molecular weight excluding hydrogens is 623 g/mol. The van der Waals surface area contributed by atoms with Crippen molar-refractivity contribution in [3.05, 3.63) is 95.6 Å². The van der Waals surface area contributed by atoms with Crippen molar-refractivity contribution in [3.8, 4) is 5.75 Å². The maximum atomic E-state index is 14.4. The van der Waals surface area contributed by atoms with Gasteiger partial charge in [-0.1, -0.05) is 61.5 Å². The smallest absolute Gasteiger partial charge is 0.244 e. The molecule has 0 spiro atoms. The summed E-state index contributed by atoms with van der Waals surface area (Å²) < 4.78 is 33.3. The SMILES string of the molecule is CCCNC(=O)C(Cc1ccccc1)N(Cc1cccc(OC)c1)C(=O)CN(c1ccc(C23CC4CC(CC(C4)C2)C3)cc1)S(C)(=O)=O. The molecule has 0 aromatic heterocycles. The Bertz CT molecular complexity index is 1660. The first-order valence-electron chi connectivity index (χ1n) is 17.4. The van der Waals surface area contributed by atoms with Crippen molar-refractivity contribution in [2.45, 2.75) is 76.3 Å². The van der Waals surface area contributed by atoms with Gasteiger partial charge in [-0.15, -0.1) is 0 Å². The van der Waals surface area contributed by atoms with E-state index in [-0.39, 0.29) is 24.3 Å². The first-order valence-corrected chi connectivity index (χ1v) is 19.2. The number of carbonyl (C=O) groups is 2. The molecule has 4 bridgehead atoms. The topological polar surface area (TPSA) is 96.0 Å². The summed E-state index contributed by atoms with van der Waals surface area (Å²) >= 11 is 0. The third-order valence-corrected chi connectivity index (χ3v) is 11.9. The van der Waals surface area contributed by atoms with Crippen LogP contribution < -0.4 is 14.4 Å². The van der Waals surface area contributed by atoms with Crippen LogP contribution in [0.3, 0.4) is 0 Å². The van der Waals surface area contributed by atoms with E-state index in [1.54, 1.807) is 7.11 Å². The van der Waals surface area contributed by atoms with Gasteiger partial charge in [0.2, 0.25) is 21.8 Å². The molecule has 48 heavy (non-hydrogen) atoms. The van der Waals surface area contributed by atoms with E-state index in [0.717, 1.165) is 41.6 Å². The molecule has 3 aromatic rings. The van der Waals surface area contributed by atoms with Gasteiger partial charge in [-0.3, -0.25) is 13.9 Å². The number of hydrogen-bond acceptors (Lipinski definition) is 5. The quantitative estimate of drug-likeness (QED) is 0.224. The number of ether oxygens (including phenoxy) is 1. The highest BCUT2D eigenvalue weighted by Crippen LogP contribution is 2.60. The molecule has 4 fully saturated rings. The summed E-state index contributed by atoms with van der Waals surface area (Å²) in [6, 6.07) is 24.0. The number of methoxy groups -OCH3 is 1. The third kappa shape index (κ3) is 7.56. The molecule has 0 heterocycles. The van der Waals surface area contributed by atoms with Gasteiger partial charge in [0.1, 0.15) is 18.3 Å². The van der Waals surface area contributed by atoms with Gasteiger partial charge in [0, 0.05) is 19.5 Å². The molecular formula is C39H49N3O5S. The highest BCUT2D eigenvalue weighted by atomic mass is 32.2. The number of anilines is 1. The van der Waals surface area contributed by atoms with Gasteiger partial charge in [0.05, 0.1) is 19.1 Å². The van der Waals surface area contributed by atoms with Crippen molar-refractivity contribution in [1.29, 1.82) is 0 Å². The molecule has 1 atom stereocenters. The highest BCUT2D eigenvalue weighted by Gasteiger charge is 2.51. The zero-order valence-corrected chi connectivity index (χ0v) is 29.3. The van der Waals surface area contributed by atoms with Gasteiger partial charge in [0.15, 0.2) is 0 Å². The second kappa shape index (κ2) is 14.3. The molecule has 4 saturated carbocycles. The van der Waals surface area contributed by atoms with E-state index in [9.17, 15) is 18.0 Å². The Hall–Kier alpha value is -3.85. The number of nitrogens with zero attached hydrogens (tertiary/aromatic N) is 2. The lowest BCUT2D eigenvalue weighted by molar-refractivity contribution is -0.140. The van der Waals surface area contributed by atoms with Crippen LogP contribution in [0.4, 0.5) is 5.69 Å². The van der Waals surface area contributed by atoms with Crippen molar-refractivity contribution in [2.24, 2.45) is 17.8 Å². The number of sulfonamides is 1. The second-order valence-corrected chi connectivity index (χ2v) is 16.3. The lowest BCUT2D eigenvalue weighted by Crippen LogP contribution is -2.53. The summed E-state index contributed by atoms with van der Waals surface area (Å²) in [5.41, 5.74) is 3.60. The van der Waals surface area contributed by atoms with E-state index < -0.39 is 28.5 Å². The molecule has 1 N–H and O–H groups in total. The summed E-state index contributed by atoms with van der Waals surface area (Å²) in [5.74, 6) is 2.30. The standard InChI is InChI=1S/C39H49N3O5S/c1-4-17-40-38(44)36(22-28-9-6-5-7-10-28)41(26-29-11-8-12-35(21-29)47-2)37(43)27-42(48(3,45)46)34-15-13-33(14-16-34)39-23-30-18-31(24-39)20-32(19-30)25-39/h5-16,21,30-32,36H,4,17-20,22-27H2,1-3H3,(H,40,44). The molecule has 256 valence electrons. The van der Waals surface area contributed by atoms with Crippen LogP contribution in [0.5, 0.6) is 5.75 Å². The van der Waals surface area contributed by atoms with Gasteiger partial charge in [0.25, 0.3) is 0 Å². The number of benzene rings is 3. The fourth-order valence-corrected chi connectivity index (χ4v) is 9.80. The predicted octanol–water partition coefficient (Wildman–Crippen LogP) is 6.10. The molecule has 7 rings (SSSR count). The molecule has 2 amide bonds. The van der Waals surface area contributed by atoms with Gasteiger partial charge in [-0.05, 0) is 109 Å². The fourth-order valence-electron chi connectivity index (χ4n) is 8.95. The van der Waals surface area contributed by atoms with Crippen LogP contribution in [-0.4, -0.2) is 57.6 Å². The summed E-state index contributed by atoms with van der Waals surface area (Å²) in [6.45, 7) is 2.13. The lowest BCUT2D eigenvalue weighted by atomic mass is 9.48. The Morgan fingerprint density at radius 2 is 1.52 bits per heavy atom. The zero-order chi connectivity index (χ0) is 33.9. The Kier molecular flexibility index (Phi) is 10.2. The number of amides is 2. The number of hydrogen-bond donors (Lipinski definition) is 1. The van der Waals surface area contributed by atoms with Crippen LogP contribution in [0.1, 0.15) is 68.6 Å². The summed E-state index contributed by atoms with van der Waals surface area (Å²) in [6.07, 6.45) is 9.88. The van der Waals surface area contributed by atoms with Gasteiger partial charge < -0.3 is 15.0 Å². The van der Waals surface area contributed by atoms with Crippen LogP contribution in [0, 0.1) is 17.8 Å². The van der Waals surface area contributed by atoms with Crippen LogP contribution in [0.25, 0.3) is 0 Å². The third-order valence-electron chi connectivity index (χ3n) is 10.8. The Morgan fingerprint density at radius 3 is 2.10 bits per heavy atom. The maximum Gasteiger partial charge on any atom is 0.244 e. The minimum Gasteiger partial charge on any atom is -0.497 e. The van der Waals surface area contributed by atoms with Crippen molar-refractivity contribution < 1.29 is 22.7 Å². The van der Waals surface area contributed by atoms with Crippen LogP contribution in [0.15, 0.2) is 78.9 Å². The molecule has 1 unspecified atom stereocenters. The Labute approximate surface area is 285 Å². The van der Waals surface area contributed by atoms with E-state index in [2.05, 4.69) is 17.4 Å². The lowest BCUT2D eigenvalue weighted by Gasteiger charge is -2.57. The predicted molar refractivity (Wildman–Crippen MR) is 189 cm³/mol. The normalized spacial score (nSPS) is 23.4. The minimum atomic E-state index is -3.84. The molecule has 4 aliphatic rings. The van der Waals surface area contributed by atoms with Gasteiger partial charge in [-0.25, -0.2) is 8.42 Å². The second-order valence-electron chi connectivity index (χ2n) is 14.4. The highest BCUT2D eigenvalue weighted by molar-refractivity contribution is 7.92. The van der Waals surface area contributed by atoms with Gasteiger partial charge in [-0.2, -0.15) is 0 Å². The van der Waals surface area contributed by atoms with Crippen molar-refractivity contribution >= 4 is 27.5 Å². The van der Waals surface area contributed by atoms with E-state index in [4.69, 9.17) is 4.74 Å². The van der Waals surface area contributed by atoms with Crippen molar-refractivity contribution in [3.63, 3.8) is 0 Å². The van der Waals surface area contributed by atoms with Crippen molar-refractivity contribution in [1.82, 2.24) is 10.2 Å². The summed E-state index contributed by atoms with van der Waals surface area (Å²) in [4.78, 5) is 29.7. The Balaban J connectivity index is 1.30. The molecule has 0 aliphatic heterocycles. The Morgan fingerprint density at radius 1 is 0.896 bits per heavy atom. The molecule has 0 radical (unpaired) electrons. The zero-order valence-electron chi connectivity index (χ0n) is 28.4.